The first-order valence-corrected chi connectivity index (χ1v) is 14.7. The molecule has 0 spiro atoms. The number of carbonyl (C=O) groups excluding carboxylic acids is 1. The van der Waals surface area contributed by atoms with Gasteiger partial charge in [0.25, 0.3) is 11.9 Å². The molecule has 11 nitrogen and oxygen atoms in total. The van der Waals surface area contributed by atoms with Crippen molar-refractivity contribution < 1.29 is 42.5 Å². The molecule has 4 rings (SSSR count). The van der Waals surface area contributed by atoms with Crippen molar-refractivity contribution in [3.05, 3.63) is 69.1 Å². The lowest BCUT2D eigenvalue weighted by Gasteiger charge is -2.19. The average Bonchev–Trinajstić information content (AvgIpc) is 3.54. The zero-order valence-corrected chi connectivity index (χ0v) is 24.0. The van der Waals surface area contributed by atoms with E-state index >= 15 is 0 Å². The molecule has 0 aliphatic carbocycles. The number of rotatable bonds is 9. The van der Waals surface area contributed by atoms with E-state index in [1.54, 1.807) is 24.3 Å². The molecule has 3 aromatic rings. The third-order valence-electron chi connectivity index (χ3n) is 5.34. The molecule has 15 heteroatoms. The van der Waals surface area contributed by atoms with Crippen molar-refractivity contribution >= 4 is 67.4 Å². The first kappa shape index (κ1) is 31.3. The lowest BCUT2D eigenvalue weighted by atomic mass is 10.1. The summed E-state index contributed by atoms with van der Waals surface area (Å²) in [6.07, 6.45) is -1.16. The second kappa shape index (κ2) is 13.9. The van der Waals surface area contributed by atoms with Crippen molar-refractivity contribution in [2.45, 2.75) is 36.0 Å². The Kier molecular flexibility index (Phi) is 10.9. The van der Waals surface area contributed by atoms with Crippen LogP contribution in [0, 0.1) is 0 Å². The van der Waals surface area contributed by atoms with E-state index in [-0.39, 0.29) is 26.7 Å². The smallest absolute Gasteiger partial charge is 0.309 e. The fourth-order valence-corrected chi connectivity index (χ4v) is 6.26. The monoisotopic (exact) mass is 630 g/mol. The first-order chi connectivity index (χ1) is 18.9. The number of thiazole rings is 1. The van der Waals surface area contributed by atoms with Gasteiger partial charge in [0, 0.05) is 24.1 Å². The summed E-state index contributed by atoms with van der Waals surface area (Å²) in [6.45, 7) is 1.63. The van der Waals surface area contributed by atoms with Gasteiger partial charge in [-0.05, 0) is 42.8 Å². The van der Waals surface area contributed by atoms with Crippen LogP contribution in [0.25, 0.3) is 0 Å². The Morgan fingerprint density at radius 1 is 1.12 bits per heavy atom. The van der Waals surface area contributed by atoms with Crippen LogP contribution in [0.1, 0.15) is 30.7 Å². The summed E-state index contributed by atoms with van der Waals surface area (Å²) in [6, 6.07) is 12.3. The third-order valence-corrected chi connectivity index (χ3v) is 9.02. The molecule has 40 heavy (non-hydrogen) atoms. The molecular formula is C25H24Cl2N2O9S2. The number of hydrogen-bond acceptors (Lipinski definition) is 9. The normalized spacial score (nSPS) is 15.4. The molecule has 1 aromatic heterocycles. The lowest BCUT2D eigenvalue weighted by Crippen LogP contribution is -2.26. The van der Waals surface area contributed by atoms with Crippen molar-refractivity contribution in [3.63, 3.8) is 0 Å². The summed E-state index contributed by atoms with van der Waals surface area (Å²) in [5.41, 5.74) is 0.516. The molecule has 0 bridgehead atoms. The summed E-state index contributed by atoms with van der Waals surface area (Å²) >= 11 is 12.9. The molecule has 2 atom stereocenters. The number of aliphatic carboxylic acids is 2. The fourth-order valence-electron chi connectivity index (χ4n) is 3.51. The van der Waals surface area contributed by atoms with E-state index in [2.05, 4.69) is 10.3 Å². The predicted molar refractivity (Wildman–Crippen MR) is 148 cm³/mol. The van der Waals surface area contributed by atoms with Crippen LogP contribution < -0.4 is 10.1 Å². The number of amides is 1. The van der Waals surface area contributed by atoms with Crippen molar-refractivity contribution in [1.82, 2.24) is 4.98 Å². The number of carboxylic acids is 2. The molecule has 1 aliphatic rings. The Hall–Kier alpha value is -3.23. The second-order valence-electron chi connectivity index (χ2n) is 8.37. The SMILES string of the molecule is CC(=O)O.O=C(O)Cc1nc(NC(=O)C(Oc2ccc(Cl)cc2)c2ccc(S(=O)(=O)C3CCOC3)cc2)sc1Cl. The van der Waals surface area contributed by atoms with E-state index in [4.69, 9.17) is 47.7 Å². The van der Waals surface area contributed by atoms with Gasteiger partial charge in [-0.15, -0.1) is 0 Å². The average molecular weight is 632 g/mol. The Labute approximate surface area is 243 Å². The zero-order valence-electron chi connectivity index (χ0n) is 20.9. The number of carboxylic acid groups (broad SMARTS) is 2. The molecule has 2 aromatic carbocycles. The molecule has 0 radical (unpaired) electrons. The summed E-state index contributed by atoms with van der Waals surface area (Å²) in [4.78, 5) is 37.4. The summed E-state index contributed by atoms with van der Waals surface area (Å²) in [5, 5.41) is 19.0. The molecule has 214 valence electrons. The highest BCUT2D eigenvalue weighted by Crippen LogP contribution is 2.31. The number of ether oxygens (including phenoxy) is 2. The van der Waals surface area contributed by atoms with Gasteiger partial charge in [0.15, 0.2) is 15.0 Å². The summed E-state index contributed by atoms with van der Waals surface area (Å²) in [7, 11) is -3.58. The van der Waals surface area contributed by atoms with E-state index in [1.807, 2.05) is 0 Å². The highest BCUT2D eigenvalue weighted by molar-refractivity contribution is 7.92. The zero-order chi connectivity index (χ0) is 29.4. The Balaban J connectivity index is 0.00000103. The predicted octanol–water partition coefficient (Wildman–Crippen LogP) is 4.49. The number of benzene rings is 2. The van der Waals surface area contributed by atoms with Crippen LogP contribution >= 0.6 is 34.5 Å². The second-order valence-corrected chi connectivity index (χ2v) is 12.6. The quantitative estimate of drug-likeness (QED) is 0.306. The largest absolute Gasteiger partial charge is 0.481 e. The van der Waals surface area contributed by atoms with Gasteiger partial charge in [0.2, 0.25) is 6.10 Å². The third kappa shape index (κ3) is 8.63. The minimum absolute atomic E-state index is 0.103. The number of anilines is 1. The van der Waals surface area contributed by atoms with Gasteiger partial charge in [0.05, 0.1) is 28.9 Å². The highest BCUT2D eigenvalue weighted by Gasteiger charge is 2.32. The number of aromatic nitrogens is 1. The van der Waals surface area contributed by atoms with E-state index in [0.29, 0.717) is 29.4 Å². The number of halogens is 2. The molecule has 1 fully saturated rings. The fraction of sp³-hybridized carbons (Fsp3) is 0.280. The number of carbonyl (C=O) groups is 3. The maximum atomic E-state index is 13.2. The van der Waals surface area contributed by atoms with Crippen LogP contribution in [0.15, 0.2) is 53.4 Å². The van der Waals surface area contributed by atoms with Crippen molar-refractivity contribution in [2.24, 2.45) is 0 Å². The van der Waals surface area contributed by atoms with Gasteiger partial charge in [0.1, 0.15) is 10.1 Å². The van der Waals surface area contributed by atoms with Gasteiger partial charge >= 0.3 is 5.97 Å². The van der Waals surface area contributed by atoms with Crippen molar-refractivity contribution in [2.75, 3.05) is 18.5 Å². The summed E-state index contributed by atoms with van der Waals surface area (Å²) in [5.74, 6) is -2.21. The number of hydrogen-bond donors (Lipinski definition) is 3. The molecule has 1 saturated heterocycles. The number of nitrogens with one attached hydrogen (secondary N) is 1. The minimum Gasteiger partial charge on any atom is -0.481 e. The highest BCUT2D eigenvalue weighted by atomic mass is 35.5. The maximum Gasteiger partial charge on any atom is 0.309 e. The van der Waals surface area contributed by atoms with Gasteiger partial charge in [-0.2, -0.15) is 0 Å². The number of nitrogens with zero attached hydrogens (tertiary/aromatic N) is 1. The van der Waals surface area contributed by atoms with Gasteiger partial charge < -0.3 is 19.7 Å². The van der Waals surface area contributed by atoms with Gasteiger partial charge in [-0.1, -0.05) is 46.7 Å². The van der Waals surface area contributed by atoms with Crippen LogP contribution in [0.5, 0.6) is 5.75 Å². The van der Waals surface area contributed by atoms with Crippen LogP contribution in [-0.4, -0.2) is 59.9 Å². The van der Waals surface area contributed by atoms with Crippen LogP contribution in [-0.2, 0) is 35.4 Å². The number of sulfone groups is 1. The summed E-state index contributed by atoms with van der Waals surface area (Å²) < 4.78 is 37.0. The molecule has 3 N–H and O–H groups in total. The van der Waals surface area contributed by atoms with Gasteiger partial charge in [-0.25, -0.2) is 13.4 Å². The standard InChI is InChI=1S/C23H20Cl2N2O7S2.C2H4O2/c24-14-3-5-15(6-4-14)34-20(22(30)27-23-26-18(11-19(28)29)21(25)35-23)13-1-7-16(8-2-13)36(31,32)17-9-10-33-12-17;1-2(3)4/h1-8,17,20H,9-12H2,(H,28,29)(H,26,27,30);1H3,(H,3,4). The maximum absolute atomic E-state index is 13.2. The molecule has 0 saturated carbocycles. The van der Waals surface area contributed by atoms with Gasteiger partial charge in [-0.3, -0.25) is 19.7 Å². The molecule has 1 amide bonds. The lowest BCUT2D eigenvalue weighted by molar-refractivity contribution is -0.136. The topological polar surface area (TPSA) is 169 Å². The first-order valence-electron chi connectivity index (χ1n) is 11.6. The molecule has 2 heterocycles. The van der Waals surface area contributed by atoms with E-state index in [0.717, 1.165) is 18.3 Å². The van der Waals surface area contributed by atoms with E-state index < -0.39 is 45.5 Å². The van der Waals surface area contributed by atoms with Crippen LogP contribution in [0.4, 0.5) is 5.13 Å². The molecule has 2 unspecified atom stereocenters. The Morgan fingerprint density at radius 2 is 1.75 bits per heavy atom. The Bertz CT molecular complexity index is 1450. The van der Waals surface area contributed by atoms with E-state index in [9.17, 15) is 18.0 Å². The van der Waals surface area contributed by atoms with Crippen molar-refractivity contribution in [1.29, 1.82) is 0 Å². The minimum atomic E-state index is -3.58. The van der Waals surface area contributed by atoms with Crippen molar-refractivity contribution in [3.8, 4) is 5.75 Å². The van der Waals surface area contributed by atoms with Crippen LogP contribution in [0.2, 0.25) is 9.36 Å². The van der Waals surface area contributed by atoms with Crippen LogP contribution in [0.3, 0.4) is 0 Å². The van der Waals surface area contributed by atoms with E-state index in [1.165, 1.54) is 24.3 Å². The molecule has 1 aliphatic heterocycles. The Morgan fingerprint density at radius 3 is 2.30 bits per heavy atom. The molecular weight excluding hydrogens is 607 g/mol.